The zero-order valence-electron chi connectivity index (χ0n) is 42.4. The Morgan fingerprint density at radius 3 is 1.69 bits per heavy atom. The quantitative estimate of drug-likeness (QED) is 0.158. The predicted molar refractivity (Wildman–Crippen MR) is 268 cm³/mol. The normalized spacial score (nSPS) is 15.5. The van der Waals surface area contributed by atoms with Crippen molar-refractivity contribution in [2.24, 2.45) is 0 Å². The van der Waals surface area contributed by atoms with Gasteiger partial charge in [0.2, 0.25) is 0 Å². The van der Waals surface area contributed by atoms with Gasteiger partial charge in [0.1, 0.15) is 0 Å². The number of hydrogen-bond donors (Lipinski definition) is 0. The van der Waals surface area contributed by atoms with Crippen LogP contribution in [0, 0.1) is 0 Å². The van der Waals surface area contributed by atoms with Gasteiger partial charge in [-0.3, -0.25) is 0 Å². The molecule has 0 spiro atoms. The molecule has 12 rings (SSSR count). The number of benzene rings is 10. The van der Waals surface area contributed by atoms with Gasteiger partial charge in [-0.2, -0.15) is 0 Å². The number of anilines is 6. The average Bonchev–Trinajstić information content (AvgIpc) is 3.72. The zero-order valence-corrected chi connectivity index (χ0v) is 35.4. The summed E-state index contributed by atoms with van der Waals surface area (Å²) < 4.78 is 62.6. The highest BCUT2D eigenvalue weighted by Gasteiger charge is 2.47. The van der Waals surface area contributed by atoms with E-state index in [0.717, 1.165) is 28.2 Å². The van der Waals surface area contributed by atoms with Crippen molar-refractivity contribution in [3.8, 4) is 22.3 Å². The highest BCUT2D eigenvalue weighted by atomic mass is 15.2. The molecule has 2 heteroatoms. The molecule has 0 bridgehead atoms. The van der Waals surface area contributed by atoms with Crippen LogP contribution < -0.4 is 9.80 Å². The van der Waals surface area contributed by atoms with E-state index in [-0.39, 0.29) is 28.5 Å². The number of fused-ring (bicyclic) bond motifs is 6. The third kappa shape index (κ3) is 5.72. The second-order valence-electron chi connectivity index (χ2n) is 17.2. The molecule has 10 aromatic carbocycles. The van der Waals surface area contributed by atoms with Crippen LogP contribution in [0.3, 0.4) is 0 Å². The fraction of sp³-hybridized carbons (Fsp3) is 0.0645. The second-order valence-corrected chi connectivity index (χ2v) is 17.2. The molecule has 64 heavy (non-hydrogen) atoms. The maximum atomic E-state index is 9.44. The summed E-state index contributed by atoms with van der Waals surface area (Å²) in [6.07, 6.45) is 0. The van der Waals surface area contributed by atoms with Gasteiger partial charge in [-0.1, -0.05) is 202 Å². The van der Waals surface area contributed by atoms with Gasteiger partial charge < -0.3 is 9.80 Å². The highest BCUT2D eigenvalue weighted by Crippen LogP contribution is 2.59. The molecule has 0 radical (unpaired) electrons. The monoisotopic (exact) mass is 825 g/mol. The van der Waals surface area contributed by atoms with E-state index in [2.05, 4.69) is 140 Å². The van der Waals surface area contributed by atoms with E-state index in [9.17, 15) is 2.74 Å². The van der Waals surface area contributed by atoms with Gasteiger partial charge >= 0.3 is 0 Å². The van der Waals surface area contributed by atoms with Crippen LogP contribution in [-0.4, -0.2) is 0 Å². The van der Waals surface area contributed by atoms with Gasteiger partial charge in [-0.25, -0.2) is 0 Å². The molecule has 10 aromatic rings. The van der Waals surface area contributed by atoms with E-state index in [1.165, 1.54) is 44.5 Å². The largest absolute Gasteiger partial charge is 0.310 e. The topological polar surface area (TPSA) is 6.48 Å². The van der Waals surface area contributed by atoms with Crippen molar-refractivity contribution in [3.63, 3.8) is 0 Å². The fourth-order valence-electron chi connectivity index (χ4n) is 10.5. The van der Waals surface area contributed by atoms with Gasteiger partial charge in [-0.05, 0) is 116 Å². The third-order valence-corrected chi connectivity index (χ3v) is 13.4. The van der Waals surface area contributed by atoms with E-state index in [1.54, 1.807) is 4.90 Å². The number of para-hydroxylation sites is 1. The van der Waals surface area contributed by atoms with Crippen molar-refractivity contribution in [2.75, 3.05) is 9.80 Å². The summed E-state index contributed by atoms with van der Waals surface area (Å²) in [6.45, 7) is 4.61. The summed E-state index contributed by atoms with van der Waals surface area (Å²) in [5.74, 6) is 0. The Bertz CT molecular complexity index is 3710. The Morgan fingerprint density at radius 2 is 0.984 bits per heavy atom. The van der Waals surface area contributed by atoms with E-state index >= 15 is 0 Å². The van der Waals surface area contributed by atoms with Crippen molar-refractivity contribution in [1.82, 2.24) is 0 Å². The lowest BCUT2D eigenvalue weighted by Gasteiger charge is -2.43. The predicted octanol–water partition coefficient (Wildman–Crippen LogP) is 16.4. The molecule has 0 atom stereocenters. The van der Waals surface area contributed by atoms with Crippen molar-refractivity contribution >= 4 is 44.9 Å². The van der Waals surface area contributed by atoms with Crippen LogP contribution in [0.2, 0.25) is 0 Å². The van der Waals surface area contributed by atoms with Crippen LogP contribution in [0.15, 0.2) is 242 Å². The number of nitrogens with zero attached hydrogens (tertiary/aromatic N) is 2. The highest BCUT2D eigenvalue weighted by molar-refractivity contribution is 5.99. The third-order valence-electron chi connectivity index (χ3n) is 13.4. The lowest BCUT2D eigenvalue weighted by Crippen LogP contribution is -2.33. The Labute approximate surface area is 385 Å². The van der Waals surface area contributed by atoms with Crippen LogP contribution in [0.5, 0.6) is 0 Å². The first-order valence-corrected chi connectivity index (χ1v) is 21.8. The van der Waals surface area contributed by atoms with Crippen LogP contribution in [0.25, 0.3) is 33.0 Å². The van der Waals surface area contributed by atoms with E-state index in [0.29, 0.717) is 11.4 Å². The maximum Gasteiger partial charge on any atom is 0.0713 e. The molecule has 0 fully saturated rings. The van der Waals surface area contributed by atoms with Crippen LogP contribution in [0.4, 0.5) is 34.1 Å². The van der Waals surface area contributed by atoms with Gasteiger partial charge in [0.15, 0.2) is 0 Å². The zero-order chi connectivity index (χ0) is 48.9. The molecule has 0 saturated carbocycles. The minimum atomic E-state index is -0.577. The van der Waals surface area contributed by atoms with E-state index in [1.807, 2.05) is 78.9 Å². The first-order chi connectivity index (χ1) is 34.4. The van der Waals surface area contributed by atoms with Crippen molar-refractivity contribution < 1.29 is 9.60 Å². The molecule has 2 aliphatic rings. The molecule has 0 saturated heterocycles. The summed E-state index contributed by atoms with van der Waals surface area (Å²) in [7, 11) is 0. The Kier molecular flexibility index (Phi) is 7.19. The van der Waals surface area contributed by atoms with Gasteiger partial charge in [0, 0.05) is 27.9 Å². The first-order valence-electron chi connectivity index (χ1n) is 25.3. The Balaban J connectivity index is 1.05. The molecule has 1 aliphatic heterocycles. The molecule has 0 aromatic heterocycles. The average molecular weight is 826 g/mol. The van der Waals surface area contributed by atoms with Crippen molar-refractivity contribution in [1.29, 1.82) is 0 Å². The minimum Gasteiger partial charge on any atom is -0.310 e. The van der Waals surface area contributed by atoms with Gasteiger partial charge in [-0.15, -0.1) is 0 Å². The van der Waals surface area contributed by atoms with Gasteiger partial charge in [0.25, 0.3) is 0 Å². The smallest absolute Gasteiger partial charge is 0.0713 e. The van der Waals surface area contributed by atoms with Crippen LogP contribution in [0.1, 0.15) is 56.8 Å². The molecule has 304 valence electrons. The molecular formula is C62H46N2. The molecule has 1 aliphatic carbocycles. The molecule has 0 amide bonds. The lowest BCUT2D eigenvalue weighted by atomic mass is 9.65. The maximum absolute atomic E-state index is 9.44. The summed E-state index contributed by atoms with van der Waals surface area (Å²) in [6, 6.07) is 66.9. The Hall–Kier alpha value is -7.94. The minimum absolute atomic E-state index is 0.0101. The first kappa shape index (κ1) is 31.0. The van der Waals surface area contributed by atoms with Crippen molar-refractivity contribution in [2.45, 2.75) is 24.7 Å². The molecule has 2 nitrogen and oxygen atoms in total. The molecule has 1 heterocycles. The van der Waals surface area contributed by atoms with Gasteiger partial charge in [0.05, 0.1) is 32.1 Å². The molecule has 0 unspecified atom stereocenters. The van der Waals surface area contributed by atoms with E-state index < -0.39 is 41.0 Å². The molecule has 0 N–H and O–H groups in total. The Morgan fingerprint density at radius 1 is 0.438 bits per heavy atom. The summed E-state index contributed by atoms with van der Waals surface area (Å²) in [5, 5.41) is -0.0902. The van der Waals surface area contributed by atoms with Crippen LogP contribution in [-0.2, 0) is 10.8 Å². The molecular weight excluding hydrogens is 773 g/mol. The summed E-state index contributed by atoms with van der Waals surface area (Å²) in [4.78, 5) is 4.10. The summed E-state index contributed by atoms with van der Waals surface area (Å²) >= 11 is 0. The second kappa shape index (κ2) is 14.9. The lowest BCUT2D eigenvalue weighted by molar-refractivity contribution is 0.627. The van der Waals surface area contributed by atoms with Crippen LogP contribution >= 0.6 is 0 Å². The number of hydrogen-bond acceptors (Lipinski definition) is 2. The standard InChI is InChI=1S/C62H46N2/c1-61(2)56-29-15-16-30-59(56)64(60-41-34-47(42-57(60)61)62(46-22-7-4-8-23-46)54-27-13-11-25-52(54)53-26-12-14-28-55(53)62)50-39-37-49(38-40-50)63(58-31-17-21-45-20-9-10-24-51(45)58)48-35-32-44(33-36-48)43-18-5-3-6-19-43/h3-42H,1-2H3/i9D,10D,17D,20D,21D,24D,31D. The van der Waals surface area contributed by atoms with E-state index in [4.69, 9.17) is 6.85 Å². The number of rotatable bonds is 7. The SMILES string of the molecule is [2H]c1c([2H])c([2H])c2c(N(c3ccc(-c4ccccc4)cc3)c3ccc(N4c5ccccc5C(C)(C)c5cc(C6(c7ccccc7)c7ccccc7-c7ccccc76)ccc54)cc3)c([2H])c([2H])c([2H])c2c1[2H]. The van der Waals surface area contributed by atoms with Crippen molar-refractivity contribution in [3.05, 3.63) is 276 Å². The summed E-state index contributed by atoms with van der Waals surface area (Å²) in [5.41, 5.74) is 15.0. The fourth-order valence-corrected chi connectivity index (χ4v) is 10.5.